The summed E-state index contributed by atoms with van der Waals surface area (Å²) >= 11 is 0. The first-order chi connectivity index (χ1) is 5.61. The van der Waals surface area contributed by atoms with Crippen LogP contribution in [0.3, 0.4) is 0 Å². The van der Waals surface area contributed by atoms with E-state index in [9.17, 15) is 9.90 Å². The van der Waals surface area contributed by atoms with Gasteiger partial charge in [-0.05, 0) is 18.6 Å². The third-order valence-electron chi connectivity index (χ3n) is 1.65. The first-order valence-corrected chi connectivity index (χ1v) is 3.73. The van der Waals surface area contributed by atoms with Crippen LogP contribution in [0.15, 0.2) is 23.1 Å². The highest BCUT2D eigenvalue weighted by atomic mass is 16.3. The van der Waals surface area contributed by atoms with Crippen LogP contribution in [0.5, 0.6) is 0 Å². The third kappa shape index (κ3) is 1.93. The van der Waals surface area contributed by atoms with Gasteiger partial charge in [0.05, 0.1) is 6.10 Å². The van der Waals surface area contributed by atoms with Gasteiger partial charge in [-0.25, -0.2) is 0 Å². The van der Waals surface area contributed by atoms with Gasteiger partial charge in [-0.3, -0.25) is 4.79 Å². The van der Waals surface area contributed by atoms with Crippen LogP contribution < -0.4 is 11.3 Å². The van der Waals surface area contributed by atoms with Crippen molar-refractivity contribution in [3.05, 3.63) is 34.2 Å². The molecule has 0 aliphatic carbocycles. The lowest BCUT2D eigenvalue weighted by Crippen LogP contribution is -2.24. The fraction of sp³-hybridized carbons (Fsp3) is 0.375. The molecule has 0 amide bonds. The molecule has 1 heterocycles. The average Bonchev–Trinajstić information content (AvgIpc) is 2.04. The highest BCUT2D eigenvalue weighted by Gasteiger charge is 2.11. The van der Waals surface area contributed by atoms with Gasteiger partial charge in [0, 0.05) is 18.3 Å². The van der Waals surface area contributed by atoms with Gasteiger partial charge in [-0.15, -0.1) is 0 Å². The lowest BCUT2D eigenvalue weighted by molar-refractivity contribution is 0.153. The summed E-state index contributed by atoms with van der Waals surface area (Å²) in [7, 11) is 0. The number of rotatable bonds is 2. The Kier molecular flexibility index (Phi) is 2.62. The van der Waals surface area contributed by atoms with Gasteiger partial charge in [0.25, 0.3) is 0 Å². The molecule has 4 N–H and O–H groups in total. The van der Waals surface area contributed by atoms with Crippen LogP contribution in [-0.2, 0) is 0 Å². The fourth-order valence-corrected chi connectivity index (χ4v) is 0.910. The SMILES string of the molecule is C[C@@H](N)[C@H](O)c1ccc(=O)[nH]c1. The third-order valence-corrected chi connectivity index (χ3v) is 1.65. The molecule has 0 aromatic carbocycles. The Balaban J connectivity index is 2.89. The zero-order valence-corrected chi connectivity index (χ0v) is 6.82. The molecule has 0 radical (unpaired) electrons. The van der Waals surface area contributed by atoms with Gasteiger partial charge in [0.1, 0.15) is 0 Å². The Morgan fingerprint density at radius 3 is 2.67 bits per heavy atom. The molecule has 1 rings (SSSR count). The van der Waals surface area contributed by atoms with Gasteiger partial charge in [0.15, 0.2) is 0 Å². The zero-order valence-electron chi connectivity index (χ0n) is 6.82. The highest BCUT2D eigenvalue weighted by molar-refractivity contribution is 5.13. The molecule has 0 bridgehead atoms. The molecule has 0 fully saturated rings. The predicted molar refractivity (Wildman–Crippen MR) is 45.7 cm³/mol. The quantitative estimate of drug-likeness (QED) is 0.570. The number of nitrogens with two attached hydrogens (primary N) is 1. The molecule has 66 valence electrons. The van der Waals surface area contributed by atoms with Crippen molar-refractivity contribution in [2.75, 3.05) is 0 Å². The smallest absolute Gasteiger partial charge is 0.247 e. The second-order valence-electron chi connectivity index (χ2n) is 2.79. The van der Waals surface area contributed by atoms with Crippen LogP contribution in [0.25, 0.3) is 0 Å². The largest absolute Gasteiger partial charge is 0.387 e. The van der Waals surface area contributed by atoms with E-state index in [1.54, 1.807) is 13.0 Å². The number of hydrogen-bond acceptors (Lipinski definition) is 3. The molecular weight excluding hydrogens is 156 g/mol. The molecule has 0 aliphatic rings. The summed E-state index contributed by atoms with van der Waals surface area (Å²) < 4.78 is 0. The number of H-pyrrole nitrogens is 1. The minimum atomic E-state index is -0.721. The van der Waals surface area contributed by atoms with E-state index in [-0.39, 0.29) is 11.6 Å². The van der Waals surface area contributed by atoms with E-state index in [0.29, 0.717) is 5.56 Å². The van der Waals surface area contributed by atoms with Crippen molar-refractivity contribution in [1.82, 2.24) is 4.98 Å². The Morgan fingerprint density at radius 2 is 2.25 bits per heavy atom. The van der Waals surface area contributed by atoms with E-state index in [2.05, 4.69) is 4.98 Å². The predicted octanol–water partition coefficient (Wildman–Crippen LogP) is -0.245. The summed E-state index contributed by atoms with van der Waals surface area (Å²) in [6.07, 6.45) is 0.748. The number of pyridine rings is 1. The van der Waals surface area contributed by atoms with Crippen molar-refractivity contribution in [2.24, 2.45) is 5.73 Å². The van der Waals surface area contributed by atoms with E-state index in [1.165, 1.54) is 12.3 Å². The Hall–Kier alpha value is -1.13. The average molecular weight is 168 g/mol. The maximum Gasteiger partial charge on any atom is 0.247 e. The fourth-order valence-electron chi connectivity index (χ4n) is 0.910. The summed E-state index contributed by atoms with van der Waals surface area (Å²) in [5.41, 5.74) is 5.91. The van der Waals surface area contributed by atoms with Crippen LogP contribution in [0.2, 0.25) is 0 Å². The summed E-state index contributed by atoms with van der Waals surface area (Å²) in [6.45, 7) is 1.70. The Bertz CT molecular complexity index is 286. The number of aromatic nitrogens is 1. The molecule has 1 aromatic heterocycles. The molecule has 0 spiro atoms. The van der Waals surface area contributed by atoms with Crippen molar-refractivity contribution in [3.8, 4) is 0 Å². The lowest BCUT2D eigenvalue weighted by atomic mass is 10.1. The van der Waals surface area contributed by atoms with E-state index in [1.807, 2.05) is 0 Å². The van der Waals surface area contributed by atoms with Crippen molar-refractivity contribution in [1.29, 1.82) is 0 Å². The van der Waals surface area contributed by atoms with E-state index >= 15 is 0 Å². The molecule has 1 aromatic rings. The van der Waals surface area contributed by atoms with E-state index in [0.717, 1.165) is 0 Å². The number of hydrogen-bond donors (Lipinski definition) is 3. The van der Waals surface area contributed by atoms with Crippen molar-refractivity contribution >= 4 is 0 Å². The van der Waals surface area contributed by atoms with Crippen LogP contribution >= 0.6 is 0 Å². The van der Waals surface area contributed by atoms with Gasteiger partial charge in [0.2, 0.25) is 5.56 Å². The summed E-state index contributed by atoms with van der Waals surface area (Å²) in [5, 5.41) is 9.44. The van der Waals surface area contributed by atoms with Gasteiger partial charge < -0.3 is 15.8 Å². The maximum atomic E-state index is 10.6. The van der Waals surface area contributed by atoms with Crippen LogP contribution in [0.4, 0.5) is 0 Å². The van der Waals surface area contributed by atoms with Gasteiger partial charge in [-0.1, -0.05) is 0 Å². The highest BCUT2D eigenvalue weighted by Crippen LogP contribution is 2.11. The standard InChI is InChI=1S/C8H12N2O2/c1-5(9)8(12)6-2-3-7(11)10-4-6/h2-5,8,12H,9H2,1H3,(H,10,11)/t5-,8+/m1/s1. The second-order valence-corrected chi connectivity index (χ2v) is 2.79. The van der Waals surface area contributed by atoms with Gasteiger partial charge >= 0.3 is 0 Å². The van der Waals surface area contributed by atoms with E-state index in [4.69, 9.17) is 5.73 Å². The van der Waals surface area contributed by atoms with E-state index < -0.39 is 6.10 Å². The van der Waals surface area contributed by atoms with Crippen molar-refractivity contribution in [2.45, 2.75) is 19.1 Å². The molecular formula is C8H12N2O2. The minimum absolute atomic E-state index is 0.185. The molecule has 2 atom stereocenters. The Labute approximate surface area is 70.0 Å². The summed E-state index contributed by atoms with van der Waals surface area (Å²) in [5.74, 6) is 0. The first-order valence-electron chi connectivity index (χ1n) is 3.73. The minimum Gasteiger partial charge on any atom is -0.387 e. The summed E-state index contributed by atoms with van der Waals surface area (Å²) in [6, 6.07) is 2.59. The molecule has 0 saturated carbocycles. The monoisotopic (exact) mass is 168 g/mol. The number of nitrogens with one attached hydrogen (secondary N) is 1. The molecule has 0 unspecified atom stereocenters. The van der Waals surface area contributed by atoms with Crippen LogP contribution in [-0.4, -0.2) is 16.1 Å². The summed E-state index contributed by atoms with van der Waals surface area (Å²) in [4.78, 5) is 13.1. The molecule has 12 heavy (non-hydrogen) atoms. The van der Waals surface area contributed by atoms with Crippen molar-refractivity contribution in [3.63, 3.8) is 0 Å². The lowest BCUT2D eigenvalue weighted by Gasteiger charge is -2.13. The number of aromatic amines is 1. The second kappa shape index (κ2) is 3.51. The number of aliphatic hydroxyl groups excluding tert-OH is 1. The van der Waals surface area contributed by atoms with Crippen LogP contribution in [0, 0.1) is 0 Å². The molecule has 4 nitrogen and oxygen atoms in total. The van der Waals surface area contributed by atoms with Crippen LogP contribution in [0.1, 0.15) is 18.6 Å². The van der Waals surface area contributed by atoms with Crippen molar-refractivity contribution < 1.29 is 5.11 Å². The molecule has 0 saturated heterocycles. The van der Waals surface area contributed by atoms with Gasteiger partial charge in [-0.2, -0.15) is 0 Å². The Morgan fingerprint density at radius 1 is 1.58 bits per heavy atom. The molecule has 4 heteroatoms. The topological polar surface area (TPSA) is 79.1 Å². The first kappa shape index (κ1) is 8.96. The normalized spacial score (nSPS) is 15.6. The zero-order chi connectivity index (χ0) is 9.14. The number of aliphatic hydroxyl groups is 1. The molecule has 0 aliphatic heterocycles. The maximum absolute atomic E-state index is 10.6.